The second-order valence-corrected chi connectivity index (χ2v) is 8.21. The summed E-state index contributed by atoms with van der Waals surface area (Å²) >= 11 is 0. The van der Waals surface area contributed by atoms with Gasteiger partial charge >= 0.3 is 0 Å². The van der Waals surface area contributed by atoms with E-state index in [4.69, 9.17) is 9.47 Å². The van der Waals surface area contributed by atoms with Crippen LogP contribution in [0.25, 0.3) is 0 Å². The summed E-state index contributed by atoms with van der Waals surface area (Å²) in [6.45, 7) is 0.711. The van der Waals surface area contributed by atoms with Gasteiger partial charge in [0, 0.05) is 32.4 Å². The van der Waals surface area contributed by atoms with Crippen LogP contribution in [0.1, 0.15) is 55.7 Å². The fourth-order valence-electron chi connectivity index (χ4n) is 4.52. The number of carbonyl (C=O) groups excluding carboxylic acids is 1. The standard InChI is InChI=1S/C24H31N3O3/c1-26-21(16-24(28)27(26)14-6-8-18-7-5-13-25-17-18)19-11-12-22(29-2)23(15-19)30-20-9-3-4-10-20/h5,7,11-13,15,17,20-21H,3-4,6,8-10,14,16H2,1-2H3. The Hall–Kier alpha value is -2.60. The second kappa shape index (κ2) is 9.47. The van der Waals surface area contributed by atoms with Gasteiger partial charge in [0.05, 0.1) is 19.3 Å². The summed E-state index contributed by atoms with van der Waals surface area (Å²) in [5.74, 6) is 1.71. The van der Waals surface area contributed by atoms with Crippen LogP contribution in [0.4, 0.5) is 0 Å². The van der Waals surface area contributed by atoms with Gasteiger partial charge in [0.2, 0.25) is 5.91 Å². The van der Waals surface area contributed by atoms with Crippen LogP contribution in [0.2, 0.25) is 0 Å². The van der Waals surface area contributed by atoms with Gasteiger partial charge in [0.15, 0.2) is 11.5 Å². The number of rotatable bonds is 8. The summed E-state index contributed by atoms with van der Waals surface area (Å²) in [6, 6.07) is 10.1. The number of ether oxygens (including phenoxy) is 2. The first-order chi connectivity index (χ1) is 14.7. The van der Waals surface area contributed by atoms with E-state index < -0.39 is 0 Å². The quantitative estimate of drug-likeness (QED) is 0.655. The van der Waals surface area contributed by atoms with Crippen molar-refractivity contribution in [1.82, 2.24) is 15.0 Å². The van der Waals surface area contributed by atoms with Crippen LogP contribution in [0.3, 0.4) is 0 Å². The number of carbonyl (C=O) groups is 1. The first-order valence-corrected chi connectivity index (χ1v) is 10.9. The lowest BCUT2D eigenvalue weighted by molar-refractivity contribution is -0.137. The van der Waals surface area contributed by atoms with Gasteiger partial charge in [-0.2, -0.15) is 0 Å². The molecule has 0 N–H and O–H groups in total. The van der Waals surface area contributed by atoms with Crippen LogP contribution in [0.5, 0.6) is 11.5 Å². The molecule has 1 unspecified atom stereocenters. The molecule has 1 aliphatic heterocycles. The molecule has 1 saturated heterocycles. The SMILES string of the molecule is COc1ccc(C2CC(=O)N(CCCc3cccnc3)N2C)cc1OC1CCCC1. The smallest absolute Gasteiger partial charge is 0.238 e. The van der Waals surface area contributed by atoms with E-state index in [9.17, 15) is 4.79 Å². The highest BCUT2D eigenvalue weighted by atomic mass is 16.5. The third-order valence-electron chi connectivity index (χ3n) is 6.21. The highest BCUT2D eigenvalue weighted by Crippen LogP contribution is 2.38. The van der Waals surface area contributed by atoms with Crippen molar-refractivity contribution in [3.63, 3.8) is 0 Å². The molecule has 6 heteroatoms. The van der Waals surface area contributed by atoms with Crippen molar-refractivity contribution in [1.29, 1.82) is 0 Å². The molecule has 1 aromatic carbocycles. The normalized spacial score (nSPS) is 20.1. The molecule has 30 heavy (non-hydrogen) atoms. The number of pyridine rings is 1. The van der Waals surface area contributed by atoms with Gasteiger partial charge in [-0.15, -0.1) is 0 Å². The zero-order chi connectivity index (χ0) is 20.9. The Kier molecular flexibility index (Phi) is 6.53. The number of methoxy groups -OCH3 is 1. The third kappa shape index (κ3) is 4.59. The minimum absolute atomic E-state index is 0.0210. The highest BCUT2D eigenvalue weighted by molar-refractivity contribution is 5.78. The molecule has 2 aromatic rings. The zero-order valence-corrected chi connectivity index (χ0v) is 17.9. The van der Waals surface area contributed by atoms with Gasteiger partial charge in [0.1, 0.15) is 0 Å². The lowest BCUT2D eigenvalue weighted by Gasteiger charge is -2.29. The molecule has 2 aliphatic rings. The summed E-state index contributed by atoms with van der Waals surface area (Å²) in [6.07, 6.45) is 10.9. The van der Waals surface area contributed by atoms with Crippen LogP contribution < -0.4 is 9.47 Å². The Morgan fingerprint density at radius 2 is 2.00 bits per heavy atom. The van der Waals surface area contributed by atoms with E-state index in [1.54, 1.807) is 13.3 Å². The van der Waals surface area contributed by atoms with Crippen LogP contribution >= 0.6 is 0 Å². The Morgan fingerprint density at radius 3 is 2.73 bits per heavy atom. The largest absolute Gasteiger partial charge is 0.493 e. The molecule has 6 nitrogen and oxygen atoms in total. The Morgan fingerprint density at radius 1 is 1.17 bits per heavy atom. The summed E-state index contributed by atoms with van der Waals surface area (Å²) in [4.78, 5) is 16.9. The van der Waals surface area contributed by atoms with E-state index in [0.29, 0.717) is 13.0 Å². The minimum atomic E-state index is 0.0210. The fraction of sp³-hybridized carbons (Fsp3) is 0.500. The second-order valence-electron chi connectivity index (χ2n) is 8.21. The average Bonchev–Trinajstić information content (AvgIpc) is 3.37. The number of amides is 1. The Balaban J connectivity index is 1.42. The van der Waals surface area contributed by atoms with Gasteiger partial charge < -0.3 is 9.47 Å². The van der Waals surface area contributed by atoms with Crippen molar-refractivity contribution in [2.45, 2.75) is 57.1 Å². The molecule has 1 saturated carbocycles. The van der Waals surface area contributed by atoms with Crippen molar-refractivity contribution < 1.29 is 14.3 Å². The number of aryl methyl sites for hydroxylation is 1. The molecule has 4 rings (SSSR count). The van der Waals surface area contributed by atoms with Gasteiger partial charge in [-0.05, 0) is 67.9 Å². The van der Waals surface area contributed by atoms with Crippen LogP contribution in [-0.2, 0) is 11.2 Å². The Labute approximate surface area is 178 Å². The average molecular weight is 410 g/mol. The molecule has 0 bridgehead atoms. The minimum Gasteiger partial charge on any atom is -0.493 e. The molecule has 1 aliphatic carbocycles. The lowest BCUT2D eigenvalue weighted by atomic mass is 10.0. The summed E-state index contributed by atoms with van der Waals surface area (Å²) < 4.78 is 11.8. The van der Waals surface area contributed by atoms with E-state index in [-0.39, 0.29) is 18.1 Å². The maximum atomic E-state index is 12.7. The van der Waals surface area contributed by atoms with Crippen molar-refractivity contribution >= 4 is 5.91 Å². The first-order valence-electron chi connectivity index (χ1n) is 10.9. The zero-order valence-electron chi connectivity index (χ0n) is 17.9. The topological polar surface area (TPSA) is 54.9 Å². The van der Waals surface area contributed by atoms with Gasteiger partial charge in [-0.25, -0.2) is 5.01 Å². The van der Waals surface area contributed by atoms with Crippen LogP contribution in [-0.4, -0.2) is 47.7 Å². The molecule has 0 radical (unpaired) electrons. The predicted octanol–water partition coefficient (Wildman–Crippen LogP) is 4.16. The monoisotopic (exact) mass is 409 g/mol. The van der Waals surface area contributed by atoms with Crippen molar-refractivity contribution in [2.75, 3.05) is 20.7 Å². The lowest BCUT2D eigenvalue weighted by Crippen LogP contribution is -2.37. The molecule has 160 valence electrons. The number of nitrogens with zero attached hydrogens (tertiary/aromatic N) is 3. The van der Waals surface area contributed by atoms with E-state index in [1.165, 1.54) is 18.4 Å². The maximum absolute atomic E-state index is 12.7. The molecule has 2 fully saturated rings. The summed E-state index contributed by atoms with van der Waals surface area (Å²) in [7, 11) is 3.67. The van der Waals surface area contributed by atoms with Crippen molar-refractivity contribution in [3.8, 4) is 11.5 Å². The number of hydrogen-bond acceptors (Lipinski definition) is 5. The van der Waals surface area contributed by atoms with Gasteiger partial charge in [-0.1, -0.05) is 12.1 Å². The van der Waals surface area contributed by atoms with E-state index in [2.05, 4.69) is 22.1 Å². The van der Waals surface area contributed by atoms with Crippen molar-refractivity contribution in [2.24, 2.45) is 0 Å². The van der Waals surface area contributed by atoms with E-state index in [1.807, 2.05) is 36.5 Å². The van der Waals surface area contributed by atoms with E-state index >= 15 is 0 Å². The third-order valence-corrected chi connectivity index (χ3v) is 6.21. The molecular weight excluding hydrogens is 378 g/mol. The number of hydrazine groups is 1. The fourth-order valence-corrected chi connectivity index (χ4v) is 4.52. The number of hydrogen-bond donors (Lipinski definition) is 0. The number of benzene rings is 1. The van der Waals surface area contributed by atoms with Crippen molar-refractivity contribution in [3.05, 3.63) is 53.9 Å². The molecular formula is C24H31N3O3. The molecule has 0 spiro atoms. The molecule has 1 aromatic heterocycles. The molecule has 2 heterocycles. The molecule has 1 amide bonds. The number of aromatic nitrogens is 1. The first kappa shape index (κ1) is 20.7. The summed E-state index contributed by atoms with van der Waals surface area (Å²) in [5.41, 5.74) is 2.29. The van der Waals surface area contributed by atoms with Gasteiger partial charge in [0.25, 0.3) is 0 Å². The summed E-state index contributed by atoms with van der Waals surface area (Å²) in [5, 5.41) is 3.95. The molecule has 1 atom stereocenters. The Bertz CT molecular complexity index is 852. The van der Waals surface area contributed by atoms with Gasteiger partial charge in [-0.3, -0.25) is 14.8 Å². The maximum Gasteiger partial charge on any atom is 0.238 e. The van der Waals surface area contributed by atoms with Crippen LogP contribution in [0.15, 0.2) is 42.7 Å². The van der Waals surface area contributed by atoms with Crippen LogP contribution in [0, 0.1) is 0 Å². The predicted molar refractivity (Wildman–Crippen MR) is 115 cm³/mol. The van der Waals surface area contributed by atoms with E-state index in [0.717, 1.165) is 42.7 Å². The highest BCUT2D eigenvalue weighted by Gasteiger charge is 2.36.